The second-order valence-corrected chi connectivity index (χ2v) is 4.44. The summed E-state index contributed by atoms with van der Waals surface area (Å²) in [4.78, 5) is 13.0. The van der Waals surface area contributed by atoms with E-state index in [4.69, 9.17) is 5.73 Å². The molecule has 4 heteroatoms. The fraction of sp³-hybridized carbons (Fsp3) is 0.900. The van der Waals surface area contributed by atoms with E-state index in [1.807, 2.05) is 0 Å². The van der Waals surface area contributed by atoms with E-state index in [2.05, 4.69) is 10.2 Å². The van der Waals surface area contributed by atoms with E-state index in [0.29, 0.717) is 12.5 Å². The summed E-state index contributed by atoms with van der Waals surface area (Å²) in [5, 5.41) is 3.54. The number of rotatable bonds is 3. The third kappa shape index (κ3) is 2.25. The van der Waals surface area contributed by atoms with Crippen molar-refractivity contribution in [3.05, 3.63) is 0 Å². The Morgan fingerprint density at radius 3 is 3.07 bits per heavy atom. The van der Waals surface area contributed by atoms with Gasteiger partial charge in [-0.1, -0.05) is 0 Å². The largest absolute Gasteiger partial charge is 0.370 e. The Hall–Kier alpha value is -0.610. The highest BCUT2D eigenvalue weighted by Gasteiger charge is 2.33. The molecule has 4 nitrogen and oxygen atoms in total. The first-order chi connectivity index (χ1) is 6.75. The van der Waals surface area contributed by atoms with Crippen LogP contribution in [0.4, 0.5) is 0 Å². The highest BCUT2D eigenvalue weighted by atomic mass is 16.1. The number of likely N-dealkylation sites (tertiary alicyclic amines) is 1. The second kappa shape index (κ2) is 4.28. The first kappa shape index (κ1) is 9.93. The molecule has 1 amide bonds. The molecule has 2 rings (SSSR count). The van der Waals surface area contributed by atoms with E-state index < -0.39 is 0 Å². The van der Waals surface area contributed by atoms with Gasteiger partial charge in [0.25, 0.3) is 0 Å². The normalized spacial score (nSPS) is 32.9. The Morgan fingerprint density at radius 1 is 1.50 bits per heavy atom. The van der Waals surface area contributed by atoms with Gasteiger partial charge < -0.3 is 16.0 Å². The number of hydrogen-bond acceptors (Lipinski definition) is 3. The Morgan fingerprint density at radius 2 is 2.36 bits per heavy atom. The van der Waals surface area contributed by atoms with Crippen molar-refractivity contribution in [2.24, 2.45) is 11.7 Å². The predicted octanol–water partition coefficient (Wildman–Crippen LogP) is -0.454. The molecule has 0 aromatic rings. The Balaban J connectivity index is 1.78. The van der Waals surface area contributed by atoms with Crippen LogP contribution in [0.15, 0.2) is 0 Å². The van der Waals surface area contributed by atoms with E-state index in [1.54, 1.807) is 0 Å². The number of carbonyl (C=O) groups is 1. The number of carbonyl (C=O) groups excluding carboxylic acids is 1. The maximum atomic E-state index is 10.7. The molecule has 2 fully saturated rings. The lowest BCUT2D eigenvalue weighted by Crippen LogP contribution is -2.40. The molecule has 2 aliphatic heterocycles. The van der Waals surface area contributed by atoms with Crippen molar-refractivity contribution in [1.82, 2.24) is 10.2 Å². The molecule has 0 saturated carbocycles. The Bertz CT molecular complexity index is 205. The lowest BCUT2D eigenvalue weighted by atomic mass is 9.94. The molecule has 80 valence electrons. The SMILES string of the molecule is NC(=O)CCN1CC2CCCNC2C1. The van der Waals surface area contributed by atoms with Crippen LogP contribution in [0.5, 0.6) is 0 Å². The summed E-state index contributed by atoms with van der Waals surface area (Å²) in [5.74, 6) is 0.615. The molecule has 0 spiro atoms. The third-order valence-corrected chi connectivity index (χ3v) is 3.35. The molecule has 2 heterocycles. The molecule has 2 atom stereocenters. The van der Waals surface area contributed by atoms with Gasteiger partial charge in [-0.05, 0) is 25.3 Å². The summed E-state index contributed by atoms with van der Waals surface area (Å²) < 4.78 is 0. The molecule has 0 radical (unpaired) electrons. The van der Waals surface area contributed by atoms with Crippen LogP contribution in [0.25, 0.3) is 0 Å². The van der Waals surface area contributed by atoms with Crippen molar-refractivity contribution in [3.8, 4) is 0 Å². The summed E-state index contributed by atoms with van der Waals surface area (Å²) in [6.07, 6.45) is 3.13. The van der Waals surface area contributed by atoms with E-state index in [0.717, 1.165) is 32.1 Å². The van der Waals surface area contributed by atoms with Gasteiger partial charge in [0, 0.05) is 32.1 Å². The summed E-state index contributed by atoms with van der Waals surface area (Å²) in [7, 11) is 0. The fourth-order valence-corrected chi connectivity index (χ4v) is 2.59. The van der Waals surface area contributed by atoms with Crippen molar-refractivity contribution in [3.63, 3.8) is 0 Å². The second-order valence-electron chi connectivity index (χ2n) is 4.44. The highest BCUT2D eigenvalue weighted by molar-refractivity contribution is 5.73. The molecular weight excluding hydrogens is 178 g/mol. The van der Waals surface area contributed by atoms with Gasteiger partial charge in [-0.3, -0.25) is 4.79 Å². The van der Waals surface area contributed by atoms with Crippen molar-refractivity contribution < 1.29 is 4.79 Å². The molecule has 0 aliphatic carbocycles. The molecule has 3 N–H and O–H groups in total. The maximum absolute atomic E-state index is 10.7. The van der Waals surface area contributed by atoms with Crippen LogP contribution in [-0.4, -0.2) is 43.0 Å². The number of nitrogens with one attached hydrogen (secondary N) is 1. The third-order valence-electron chi connectivity index (χ3n) is 3.35. The average molecular weight is 197 g/mol. The van der Waals surface area contributed by atoms with Gasteiger partial charge in [0.2, 0.25) is 5.91 Å². The number of fused-ring (bicyclic) bond motifs is 1. The summed E-state index contributed by atoms with van der Waals surface area (Å²) in [6.45, 7) is 4.23. The monoisotopic (exact) mass is 197 g/mol. The average Bonchev–Trinajstić information content (AvgIpc) is 2.57. The smallest absolute Gasteiger partial charge is 0.218 e. The van der Waals surface area contributed by atoms with Crippen molar-refractivity contribution in [1.29, 1.82) is 0 Å². The van der Waals surface area contributed by atoms with Crippen LogP contribution in [-0.2, 0) is 4.79 Å². The Labute approximate surface area is 84.8 Å². The van der Waals surface area contributed by atoms with Gasteiger partial charge in [-0.25, -0.2) is 0 Å². The molecule has 2 unspecified atom stereocenters. The zero-order valence-electron chi connectivity index (χ0n) is 8.54. The lowest BCUT2D eigenvalue weighted by Gasteiger charge is -2.24. The van der Waals surface area contributed by atoms with Gasteiger partial charge in [0.1, 0.15) is 0 Å². The molecule has 0 bridgehead atoms. The molecule has 14 heavy (non-hydrogen) atoms. The molecular formula is C10H19N3O. The maximum Gasteiger partial charge on any atom is 0.218 e. The number of hydrogen-bond donors (Lipinski definition) is 2. The fourth-order valence-electron chi connectivity index (χ4n) is 2.59. The number of nitrogens with zero attached hydrogens (tertiary/aromatic N) is 1. The first-order valence-electron chi connectivity index (χ1n) is 5.50. The van der Waals surface area contributed by atoms with E-state index in [1.165, 1.54) is 12.8 Å². The lowest BCUT2D eigenvalue weighted by molar-refractivity contribution is -0.118. The Kier molecular flexibility index (Phi) is 3.03. The van der Waals surface area contributed by atoms with Gasteiger partial charge in [-0.2, -0.15) is 0 Å². The number of primary amides is 1. The van der Waals surface area contributed by atoms with Crippen LogP contribution in [0.2, 0.25) is 0 Å². The highest BCUT2D eigenvalue weighted by Crippen LogP contribution is 2.24. The summed E-state index contributed by atoms with van der Waals surface area (Å²) >= 11 is 0. The van der Waals surface area contributed by atoms with Crippen molar-refractivity contribution >= 4 is 5.91 Å². The minimum absolute atomic E-state index is 0.187. The molecule has 0 aromatic carbocycles. The standard InChI is InChI=1S/C10H19N3O/c11-10(14)3-5-13-6-8-2-1-4-12-9(8)7-13/h8-9,12H,1-7H2,(H2,11,14). The number of nitrogens with two attached hydrogens (primary N) is 1. The zero-order chi connectivity index (χ0) is 9.97. The van der Waals surface area contributed by atoms with Crippen LogP contribution in [0, 0.1) is 5.92 Å². The predicted molar refractivity (Wildman–Crippen MR) is 54.8 cm³/mol. The minimum atomic E-state index is -0.187. The molecule has 2 saturated heterocycles. The van der Waals surface area contributed by atoms with Crippen LogP contribution >= 0.6 is 0 Å². The molecule has 2 aliphatic rings. The quantitative estimate of drug-likeness (QED) is 0.644. The van der Waals surface area contributed by atoms with Gasteiger partial charge in [0.05, 0.1) is 0 Å². The minimum Gasteiger partial charge on any atom is -0.370 e. The van der Waals surface area contributed by atoms with Crippen LogP contribution < -0.4 is 11.1 Å². The van der Waals surface area contributed by atoms with Crippen molar-refractivity contribution in [2.75, 3.05) is 26.2 Å². The van der Waals surface area contributed by atoms with E-state index in [9.17, 15) is 4.79 Å². The van der Waals surface area contributed by atoms with Gasteiger partial charge >= 0.3 is 0 Å². The first-order valence-corrected chi connectivity index (χ1v) is 5.50. The zero-order valence-corrected chi connectivity index (χ0v) is 8.54. The van der Waals surface area contributed by atoms with Gasteiger partial charge in [-0.15, -0.1) is 0 Å². The van der Waals surface area contributed by atoms with Crippen LogP contribution in [0.3, 0.4) is 0 Å². The molecule has 0 aromatic heterocycles. The van der Waals surface area contributed by atoms with Crippen molar-refractivity contribution in [2.45, 2.75) is 25.3 Å². The van der Waals surface area contributed by atoms with Crippen LogP contribution in [0.1, 0.15) is 19.3 Å². The van der Waals surface area contributed by atoms with E-state index >= 15 is 0 Å². The summed E-state index contributed by atoms with van der Waals surface area (Å²) in [5.41, 5.74) is 5.14. The number of piperidine rings is 1. The summed E-state index contributed by atoms with van der Waals surface area (Å²) in [6, 6.07) is 0.664. The van der Waals surface area contributed by atoms with E-state index in [-0.39, 0.29) is 5.91 Å². The van der Waals surface area contributed by atoms with Gasteiger partial charge in [0.15, 0.2) is 0 Å². The number of amides is 1. The topological polar surface area (TPSA) is 58.4 Å².